The highest BCUT2D eigenvalue weighted by Crippen LogP contribution is 2.22. The summed E-state index contributed by atoms with van der Waals surface area (Å²) in [6, 6.07) is 31.7. The van der Waals surface area contributed by atoms with Gasteiger partial charge in [-0.2, -0.15) is 0 Å². The lowest BCUT2D eigenvalue weighted by Crippen LogP contribution is -2.31. The van der Waals surface area contributed by atoms with Crippen LogP contribution in [-0.4, -0.2) is 17.9 Å². The third kappa shape index (κ3) is 6.26. The number of ether oxygens (including phenoxy) is 1. The minimum Gasteiger partial charge on any atom is -0.481 e. The molecule has 0 saturated heterocycles. The summed E-state index contributed by atoms with van der Waals surface area (Å²) >= 11 is 0. The Morgan fingerprint density at radius 1 is 0.686 bits per heavy atom. The maximum atomic E-state index is 13.0. The average molecular weight is 466 g/mol. The molecule has 0 aliphatic rings. The third-order valence-electron chi connectivity index (χ3n) is 5.40. The minimum atomic E-state index is -0.739. The van der Waals surface area contributed by atoms with Crippen LogP contribution in [0.1, 0.15) is 22.8 Å². The van der Waals surface area contributed by atoms with Gasteiger partial charge in [-0.3, -0.25) is 9.59 Å². The molecule has 0 fully saturated rings. The number of rotatable bonds is 8. The van der Waals surface area contributed by atoms with Crippen LogP contribution in [0.25, 0.3) is 0 Å². The first-order valence-electron chi connectivity index (χ1n) is 11.4. The molecule has 3 N–H and O–H groups in total. The molecule has 1 atom stereocenters. The molecule has 176 valence electrons. The molecule has 0 aromatic heterocycles. The Balaban J connectivity index is 1.40. The lowest BCUT2D eigenvalue weighted by atomic mass is 10.1. The van der Waals surface area contributed by atoms with Crippen molar-refractivity contribution in [3.63, 3.8) is 0 Å². The SMILES string of the molecule is Cc1ccccc1OC(C)C(=O)Nc1ccccc1C(=O)Nc1ccc(Nc2ccccc2)cc1. The monoisotopic (exact) mass is 465 g/mol. The van der Waals surface area contributed by atoms with Crippen LogP contribution in [0.15, 0.2) is 103 Å². The third-order valence-corrected chi connectivity index (χ3v) is 5.40. The number of carbonyl (C=O) groups is 2. The van der Waals surface area contributed by atoms with E-state index < -0.39 is 6.10 Å². The van der Waals surface area contributed by atoms with Crippen LogP contribution in [0.5, 0.6) is 5.75 Å². The van der Waals surface area contributed by atoms with Crippen LogP contribution in [0.2, 0.25) is 0 Å². The Bertz CT molecular complexity index is 1300. The minimum absolute atomic E-state index is 0.322. The topological polar surface area (TPSA) is 79.5 Å². The molecule has 0 bridgehead atoms. The molecular formula is C29H27N3O3. The smallest absolute Gasteiger partial charge is 0.265 e. The lowest BCUT2D eigenvalue weighted by Gasteiger charge is -2.17. The van der Waals surface area contributed by atoms with Gasteiger partial charge in [-0.05, 0) is 74.0 Å². The molecule has 4 rings (SSSR count). The van der Waals surface area contributed by atoms with Crippen molar-refractivity contribution < 1.29 is 14.3 Å². The first-order chi connectivity index (χ1) is 17.0. The molecule has 35 heavy (non-hydrogen) atoms. The molecule has 2 amide bonds. The summed E-state index contributed by atoms with van der Waals surface area (Å²) in [4.78, 5) is 25.8. The largest absolute Gasteiger partial charge is 0.481 e. The maximum Gasteiger partial charge on any atom is 0.265 e. The predicted molar refractivity (Wildman–Crippen MR) is 140 cm³/mol. The van der Waals surface area contributed by atoms with Crippen LogP contribution < -0.4 is 20.7 Å². The fourth-order valence-corrected chi connectivity index (χ4v) is 3.48. The van der Waals surface area contributed by atoms with Gasteiger partial charge in [-0.15, -0.1) is 0 Å². The number of nitrogens with one attached hydrogen (secondary N) is 3. The fourth-order valence-electron chi connectivity index (χ4n) is 3.48. The van der Waals surface area contributed by atoms with Gasteiger partial charge in [0.1, 0.15) is 5.75 Å². The number of aryl methyl sites for hydroxylation is 1. The van der Waals surface area contributed by atoms with Gasteiger partial charge in [0, 0.05) is 17.1 Å². The number of hydrogen-bond donors (Lipinski definition) is 3. The van der Waals surface area contributed by atoms with Crippen LogP contribution in [-0.2, 0) is 4.79 Å². The van der Waals surface area contributed by atoms with E-state index in [1.165, 1.54) is 0 Å². The van der Waals surface area contributed by atoms with E-state index in [-0.39, 0.29) is 11.8 Å². The summed E-state index contributed by atoms with van der Waals surface area (Å²) < 4.78 is 5.81. The zero-order valence-corrected chi connectivity index (χ0v) is 19.6. The molecule has 6 heteroatoms. The van der Waals surface area contributed by atoms with Gasteiger partial charge in [0.25, 0.3) is 11.8 Å². The maximum absolute atomic E-state index is 13.0. The quantitative estimate of drug-likeness (QED) is 0.281. The molecule has 0 aliphatic heterocycles. The van der Waals surface area contributed by atoms with Crippen molar-refractivity contribution >= 4 is 34.6 Å². The molecule has 0 saturated carbocycles. The van der Waals surface area contributed by atoms with Gasteiger partial charge in [-0.1, -0.05) is 48.5 Å². The summed E-state index contributed by atoms with van der Waals surface area (Å²) in [7, 11) is 0. The van der Waals surface area contributed by atoms with Crippen molar-refractivity contribution in [2.24, 2.45) is 0 Å². The summed E-state index contributed by atoms with van der Waals surface area (Å²) in [6.45, 7) is 3.60. The van der Waals surface area contributed by atoms with E-state index in [2.05, 4.69) is 16.0 Å². The van der Waals surface area contributed by atoms with Crippen molar-refractivity contribution in [1.29, 1.82) is 0 Å². The Labute approximate surface area is 205 Å². The second-order valence-corrected chi connectivity index (χ2v) is 8.08. The van der Waals surface area contributed by atoms with Crippen LogP contribution in [0.4, 0.5) is 22.7 Å². The Morgan fingerprint density at radius 2 is 1.29 bits per heavy atom. The highest BCUT2D eigenvalue weighted by molar-refractivity contribution is 6.10. The molecule has 4 aromatic carbocycles. The van der Waals surface area contributed by atoms with E-state index in [4.69, 9.17) is 4.74 Å². The summed E-state index contributed by atoms with van der Waals surface area (Å²) in [5.74, 6) is -0.0200. The molecule has 1 unspecified atom stereocenters. The zero-order valence-electron chi connectivity index (χ0n) is 19.6. The van der Waals surface area contributed by atoms with E-state index in [0.29, 0.717) is 22.7 Å². The number of para-hydroxylation sites is 3. The van der Waals surface area contributed by atoms with Crippen molar-refractivity contribution in [2.75, 3.05) is 16.0 Å². The molecule has 0 aliphatic carbocycles. The van der Waals surface area contributed by atoms with E-state index >= 15 is 0 Å². The van der Waals surface area contributed by atoms with E-state index in [1.807, 2.05) is 85.8 Å². The number of carbonyl (C=O) groups excluding carboxylic acids is 2. The van der Waals surface area contributed by atoms with Crippen LogP contribution in [0, 0.1) is 6.92 Å². The molecule has 6 nitrogen and oxygen atoms in total. The molecule has 0 radical (unpaired) electrons. The second kappa shape index (κ2) is 11.0. The van der Waals surface area contributed by atoms with Gasteiger partial charge in [0.05, 0.1) is 11.3 Å². The molecular weight excluding hydrogens is 438 g/mol. The van der Waals surface area contributed by atoms with E-state index in [1.54, 1.807) is 31.2 Å². The molecule has 0 heterocycles. The van der Waals surface area contributed by atoms with Gasteiger partial charge >= 0.3 is 0 Å². The van der Waals surface area contributed by atoms with Crippen molar-refractivity contribution in [3.05, 3.63) is 114 Å². The first kappa shape index (κ1) is 23.6. The van der Waals surface area contributed by atoms with Gasteiger partial charge in [0.15, 0.2) is 6.10 Å². The lowest BCUT2D eigenvalue weighted by molar-refractivity contribution is -0.122. The highest BCUT2D eigenvalue weighted by atomic mass is 16.5. The molecule has 0 spiro atoms. The Morgan fingerprint density at radius 3 is 2.03 bits per heavy atom. The standard InChI is InChI=1S/C29H27N3O3/c1-20-10-6-9-15-27(20)35-21(2)28(33)32-26-14-8-7-13-25(26)29(34)31-24-18-16-23(17-19-24)30-22-11-4-3-5-12-22/h3-19,21,30H,1-2H3,(H,31,34)(H,32,33). The number of benzene rings is 4. The summed E-state index contributed by atoms with van der Waals surface area (Å²) in [6.07, 6.45) is -0.739. The van der Waals surface area contributed by atoms with Crippen molar-refractivity contribution in [2.45, 2.75) is 20.0 Å². The van der Waals surface area contributed by atoms with E-state index in [0.717, 1.165) is 16.9 Å². The summed E-state index contributed by atoms with van der Waals surface area (Å²) in [5, 5.41) is 9.01. The fraction of sp³-hybridized carbons (Fsp3) is 0.103. The predicted octanol–water partition coefficient (Wildman–Crippen LogP) is 6.40. The van der Waals surface area contributed by atoms with Gasteiger partial charge < -0.3 is 20.7 Å². The van der Waals surface area contributed by atoms with E-state index in [9.17, 15) is 9.59 Å². The molecule has 4 aromatic rings. The van der Waals surface area contributed by atoms with Crippen molar-refractivity contribution in [3.8, 4) is 5.75 Å². The number of amides is 2. The number of anilines is 4. The van der Waals surface area contributed by atoms with Crippen LogP contribution in [0.3, 0.4) is 0 Å². The zero-order chi connectivity index (χ0) is 24.6. The van der Waals surface area contributed by atoms with Crippen LogP contribution >= 0.6 is 0 Å². The first-order valence-corrected chi connectivity index (χ1v) is 11.4. The average Bonchev–Trinajstić information content (AvgIpc) is 2.87. The van der Waals surface area contributed by atoms with Gasteiger partial charge in [-0.25, -0.2) is 0 Å². The number of hydrogen-bond acceptors (Lipinski definition) is 4. The Kier molecular flexibility index (Phi) is 7.43. The second-order valence-electron chi connectivity index (χ2n) is 8.08. The normalized spacial score (nSPS) is 11.3. The highest BCUT2D eigenvalue weighted by Gasteiger charge is 2.19. The van der Waals surface area contributed by atoms with Crippen molar-refractivity contribution in [1.82, 2.24) is 0 Å². The van der Waals surface area contributed by atoms with Gasteiger partial charge in [0.2, 0.25) is 0 Å². The Hall–Kier alpha value is -4.58. The summed E-state index contributed by atoms with van der Waals surface area (Å²) in [5.41, 5.74) is 4.25.